The van der Waals surface area contributed by atoms with Gasteiger partial charge in [-0.05, 0) is 0 Å². The summed E-state index contributed by atoms with van der Waals surface area (Å²) >= 11 is 0. The van der Waals surface area contributed by atoms with Crippen LogP contribution in [-0.2, 0) is 0 Å². The minimum absolute atomic E-state index is 0.0271. The summed E-state index contributed by atoms with van der Waals surface area (Å²) in [7, 11) is 0. The third kappa shape index (κ3) is 2.25. The van der Waals surface area contributed by atoms with Crippen molar-refractivity contribution in [3.8, 4) is 0 Å². The summed E-state index contributed by atoms with van der Waals surface area (Å²) < 4.78 is 37.8. The summed E-state index contributed by atoms with van der Waals surface area (Å²) in [6.07, 6.45) is 0.459. The van der Waals surface area contributed by atoms with E-state index in [1.54, 1.807) is 6.92 Å². The number of halogens is 3. The normalized spacial score (nSPS) is 11.9. The number of hydrogen-bond acceptors (Lipinski definition) is 1. The number of rotatable bonds is 2. The van der Waals surface area contributed by atoms with Crippen LogP contribution in [0.2, 0.25) is 0 Å². The van der Waals surface area contributed by atoms with Gasteiger partial charge >= 0.3 is 0 Å². The highest BCUT2D eigenvalue weighted by Crippen LogP contribution is 2.19. The van der Waals surface area contributed by atoms with Gasteiger partial charge in [-0.15, -0.1) is 0 Å². The van der Waals surface area contributed by atoms with Crippen molar-refractivity contribution in [1.29, 1.82) is 0 Å². The van der Waals surface area contributed by atoms with Gasteiger partial charge in [0, 0.05) is 18.6 Å². The molecule has 0 aliphatic carbocycles. The summed E-state index contributed by atoms with van der Waals surface area (Å²) in [5, 5.41) is 0. The van der Waals surface area contributed by atoms with E-state index in [4.69, 9.17) is 5.73 Å². The van der Waals surface area contributed by atoms with Gasteiger partial charge in [-0.3, -0.25) is 0 Å². The zero-order valence-corrected chi connectivity index (χ0v) is 7.52. The van der Waals surface area contributed by atoms with Gasteiger partial charge in [-0.1, -0.05) is 6.92 Å². The highest BCUT2D eigenvalue weighted by atomic mass is 19.2. The van der Waals surface area contributed by atoms with Crippen LogP contribution in [0.3, 0.4) is 0 Å². The second kappa shape index (κ2) is 4.13. The second-order valence-corrected chi connectivity index (χ2v) is 2.68. The Bertz CT molecular complexity index is 351. The highest BCUT2D eigenvalue weighted by molar-refractivity contribution is 5.82. The van der Waals surface area contributed by atoms with Crippen molar-refractivity contribution in [2.45, 2.75) is 13.3 Å². The average Bonchev–Trinajstić information content (AvgIpc) is 2.14. The van der Waals surface area contributed by atoms with Crippen LogP contribution in [0.5, 0.6) is 0 Å². The summed E-state index contributed by atoms with van der Waals surface area (Å²) in [6.45, 7) is 1.75. The molecule has 1 rings (SSSR count). The molecule has 0 aliphatic heterocycles. The summed E-state index contributed by atoms with van der Waals surface area (Å²) in [6, 6.07) is 1.59. The molecule has 1 aromatic rings. The molecule has 0 saturated carbocycles. The van der Waals surface area contributed by atoms with Crippen molar-refractivity contribution in [3.63, 3.8) is 0 Å². The zero-order chi connectivity index (χ0) is 10.7. The van der Waals surface area contributed by atoms with E-state index in [0.29, 0.717) is 6.42 Å². The lowest BCUT2D eigenvalue weighted by Crippen LogP contribution is -2.08. The van der Waals surface area contributed by atoms with E-state index in [0.717, 1.165) is 12.1 Å². The number of hydrogen-bond donors (Lipinski definition) is 1. The molecular weight excluding hydrogens is 193 g/mol. The van der Waals surface area contributed by atoms with Crippen molar-refractivity contribution >= 4 is 11.5 Å². The molecule has 1 aromatic carbocycles. The number of aliphatic imine (C=N–C) groups is 1. The topological polar surface area (TPSA) is 38.4 Å². The summed E-state index contributed by atoms with van der Waals surface area (Å²) in [5.41, 5.74) is 5.33. The molecule has 2 N–H and O–H groups in total. The van der Waals surface area contributed by atoms with E-state index in [-0.39, 0.29) is 11.5 Å². The van der Waals surface area contributed by atoms with E-state index in [1.807, 2.05) is 0 Å². The van der Waals surface area contributed by atoms with E-state index in [2.05, 4.69) is 4.99 Å². The Kier molecular flexibility index (Phi) is 3.11. The maximum absolute atomic E-state index is 12.7. The van der Waals surface area contributed by atoms with Gasteiger partial charge < -0.3 is 5.73 Å². The maximum atomic E-state index is 12.7. The molecule has 0 unspecified atom stereocenters. The largest absolute Gasteiger partial charge is 0.387 e. The van der Waals surface area contributed by atoms with Crippen molar-refractivity contribution < 1.29 is 13.2 Å². The number of nitrogens with zero attached hydrogens (tertiary/aromatic N) is 1. The van der Waals surface area contributed by atoms with Gasteiger partial charge in [0.2, 0.25) is 0 Å². The van der Waals surface area contributed by atoms with Crippen molar-refractivity contribution in [3.05, 3.63) is 29.6 Å². The molecule has 2 nitrogen and oxygen atoms in total. The SMILES string of the molecule is CCC(N)=Nc1cc(F)c(F)c(F)c1. The monoisotopic (exact) mass is 202 g/mol. The fourth-order valence-corrected chi connectivity index (χ4v) is 0.852. The van der Waals surface area contributed by atoms with E-state index in [9.17, 15) is 13.2 Å². The number of amidine groups is 1. The standard InChI is InChI=1S/C9H9F3N2/c1-2-8(13)14-5-3-6(10)9(12)7(11)4-5/h3-4H,2H2,1H3,(H2,13,14). The Hall–Kier alpha value is -1.52. The molecule has 14 heavy (non-hydrogen) atoms. The third-order valence-electron chi connectivity index (χ3n) is 1.60. The minimum atomic E-state index is -1.50. The molecule has 0 heterocycles. The lowest BCUT2D eigenvalue weighted by Gasteiger charge is -1.99. The fraction of sp³-hybridized carbons (Fsp3) is 0.222. The predicted octanol–water partition coefficient (Wildman–Crippen LogP) is 2.50. The summed E-state index contributed by atoms with van der Waals surface area (Å²) in [5.74, 6) is -3.81. The zero-order valence-electron chi connectivity index (χ0n) is 7.52. The van der Waals surface area contributed by atoms with Gasteiger partial charge in [0.1, 0.15) is 0 Å². The van der Waals surface area contributed by atoms with Crippen LogP contribution >= 0.6 is 0 Å². The Morgan fingerprint density at radius 2 is 1.79 bits per heavy atom. The Balaban J connectivity index is 3.13. The molecule has 76 valence electrons. The molecule has 0 fully saturated rings. The Morgan fingerprint density at radius 1 is 1.29 bits per heavy atom. The van der Waals surface area contributed by atoms with Crippen molar-refractivity contribution in [2.75, 3.05) is 0 Å². The Morgan fingerprint density at radius 3 is 2.21 bits per heavy atom. The molecule has 0 aliphatic rings. The van der Waals surface area contributed by atoms with Crippen molar-refractivity contribution in [2.24, 2.45) is 10.7 Å². The van der Waals surface area contributed by atoms with Crippen LogP contribution in [0, 0.1) is 17.5 Å². The first-order valence-electron chi connectivity index (χ1n) is 4.02. The van der Waals surface area contributed by atoms with Crippen LogP contribution in [-0.4, -0.2) is 5.84 Å². The second-order valence-electron chi connectivity index (χ2n) is 2.68. The van der Waals surface area contributed by atoms with Gasteiger partial charge in [-0.25, -0.2) is 18.2 Å². The smallest absolute Gasteiger partial charge is 0.194 e. The van der Waals surface area contributed by atoms with Gasteiger partial charge in [0.15, 0.2) is 17.5 Å². The molecule has 0 saturated heterocycles. The van der Waals surface area contributed by atoms with Crippen molar-refractivity contribution in [1.82, 2.24) is 0 Å². The third-order valence-corrected chi connectivity index (χ3v) is 1.60. The number of nitrogens with two attached hydrogens (primary N) is 1. The first-order chi connectivity index (χ1) is 6.54. The highest BCUT2D eigenvalue weighted by Gasteiger charge is 2.09. The van der Waals surface area contributed by atoms with Gasteiger partial charge in [0.05, 0.1) is 11.5 Å². The molecule has 0 aromatic heterocycles. The van der Waals surface area contributed by atoms with Gasteiger partial charge in [0.25, 0.3) is 0 Å². The minimum Gasteiger partial charge on any atom is -0.387 e. The predicted molar refractivity (Wildman–Crippen MR) is 47.9 cm³/mol. The molecule has 0 amide bonds. The fourth-order valence-electron chi connectivity index (χ4n) is 0.852. The maximum Gasteiger partial charge on any atom is 0.194 e. The first kappa shape index (κ1) is 10.6. The van der Waals surface area contributed by atoms with Crippen LogP contribution in [0.1, 0.15) is 13.3 Å². The lowest BCUT2D eigenvalue weighted by atomic mass is 10.3. The molecule has 0 atom stereocenters. The van der Waals surface area contributed by atoms with Crippen LogP contribution in [0.15, 0.2) is 17.1 Å². The Labute approximate surface area is 79.3 Å². The molecule has 0 spiro atoms. The van der Waals surface area contributed by atoms with Gasteiger partial charge in [-0.2, -0.15) is 0 Å². The van der Waals surface area contributed by atoms with E-state index >= 15 is 0 Å². The quantitative estimate of drug-likeness (QED) is 0.446. The number of benzene rings is 1. The molecular formula is C9H9F3N2. The average molecular weight is 202 g/mol. The van der Waals surface area contributed by atoms with Crippen LogP contribution < -0.4 is 5.73 Å². The van der Waals surface area contributed by atoms with E-state index < -0.39 is 17.5 Å². The van der Waals surface area contributed by atoms with Crippen LogP contribution in [0.4, 0.5) is 18.9 Å². The van der Waals surface area contributed by atoms with E-state index in [1.165, 1.54) is 0 Å². The molecule has 0 radical (unpaired) electrons. The molecule has 5 heteroatoms. The summed E-state index contributed by atoms with van der Waals surface area (Å²) in [4.78, 5) is 3.69. The molecule has 0 bridgehead atoms. The lowest BCUT2D eigenvalue weighted by molar-refractivity contribution is 0.447. The first-order valence-corrected chi connectivity index (χ1v) is 4.02. The van der Waals surface area contributed by atoms with Crippen LogP contribution in [0.25, 0.3) is 0 Å².